The van der Waals surface area contributed by atoms with Gasteiger partial charge in [0.15, 0.2) is 0 Å². The highest BCUT2D eigenvalue weighted by Crippen LogP contribution is 2.14. The Morgan fingerprint density at radius 1 is 1.00 bits per heavy atom. The van der Waals surface area contributed by atoms with Crippen molar-refractivity contribution in [1.29, 1.82) is 0 Å². The van der Waals surface area contributed by atoms with Crippen LogP contribution in [0.4, 0.5) is 0 Å². The fourth-order valence-corrected chi connectivity index (χ4v) is 2.36. The summed E-state index contributed by atoms with van der Waals surface area (Å²) < 4.78 is 5.51. The molecule has 0 aliphatic heterocycles. The molecule has 2 amide bonds. The summed E-state index contributed by atoms with van der Waals surface area (Å²) in [7, 11) is 0. The molecule has 2 N–H and O–H groups in total. The molecule has 0 heterocycles. The minimum Gasteiger partial charge on any atom is -0.494 e. The van der Waals surface area contributed by atoms with Crippen molar-refractivity contribution in [3.8, 4) is 5.75 Å². The molecule has 2 aromatic rings. The average molecular weight is 361 g/mol. The van der Waals surface area contributed by atoms with Gasteiger partial charge < -0.3 is 15.4 Å². The van der Waals surface area contributed by atoms with Gasteiger partial charge in [-0.1, -0.05) is 36.7 Å². The summed E-state index contributed by atoms with van der Waals surface area (Å²) >= 11 is 5.97. The topological polar surface area (TPSA) is 67.4 Å². The standard InChI is InChI=1S/C19H21ClN2O3/c1-2-12-25-15-7-5-6-14(13-15)18(23)21-10-11-22-19(24)16-8-3-4-9-17(16)20/h3-9,13H,2,10-12H2,1H3,(H,21,23)(H,22,24). The van der Waals surface area contributed by atoms with Crippen molar-refractivity contribution < 1.29 is 14.3 Å². The second-order valence-corrected chi connectivity index (χ2v) is 5.78. The molecule has 2 aromatic carbocycles. The third kappa shape index (κ3) is 5.80. The molecule has 6 heteroatoms. The number of rotatable bonds is 8. The minimum atomic E-state index is -0.269. The molecule has 0 radical (unpaired) electrons. The average Bonchev–Trinajstić information content (AvgIpc) is 2.63. The predicted molar refractivity (Wildman–Crippen MR) is 98.3 cm³/mol. The van der Waals surface area contributed by atoms with Gasteiger partial charge in [-0.05, 0) is 36.8 Å². The maximum atomic E-state index is 12.1. The number of benzene rings is 2. The summed E-state index contributed by atoms with van der Waals surface area (Å²) in [6, 6.07) is 13.8. The van der Waals surface area contributed by atoms with Crippen LogP contribution >= 0.6 is 11.6 Å². The van der Waals surface area contributed by atoms with Gasteiger partial charge in [-0.3, -0.25) is 9.59 Å². The van der Waals surface area contributed by atoms with Crippen LogP contribution in [-0.2, 0) is 0 Å². The highest BCUT2D eigenvalue weighted by atomic mass is 35.5. The Morgan fingerprint density at radius 2 is 1.72 bits per heavy atom. The van der Waals surface area contributed by atoms with Crippen molar-refractivity contribution in [2.75, 3.05) is 19.7 Å². The van der Waals surface area contributed by atoms with E-state index in [4.69, 9.17) is 16.3 Å². The molecular formula is C19H21ClN2O3. The molecule has 0 aliphatic carbocycles. The van der Waals surface area contributed by atoms with Crippen molar-refractivity contribution >= 4 is 23.4 Å². The van der Waals surface area contributed by atoms with Crippen molar-refractivity contribution in [1.82, 2.24) is 10.6 Å². The first-order valence-corrected chi connectivity index (χ1v) is 8.53. The van der Waals surface area contributed by atoms with E-state index in [0.717, 1.165) is 6.42 Å². The molecule has 25 heavy (non-hydrogen) atoms. The first-order valence-electron chi connectivity index (χ1n) is 8.15. The normalized spacial score (nSPS) is 10.2. The third-order valence-electron chi connectivity index (χ3n) is 3.38. The van der Waals surface area contributed by atoms with Gasteiger partial charge >= 0.3 is 0 Å². The van der Waals surface area contributed by atoms with Gasteiger partial charge in [0.2, 0.25) is 0 Å². The molecule has 0 atom stereocenters. The molecule has 0 aromatic heterocycles. The molecule has 0 spiro atoms. The largest absolute Gasteiger partial charge is 0.494 e. The molecule has 0 bridgehead atoms. The van der Waals surface area contributed by atoms with Crippen LogP contribution in [0.1, 0.15) is 34.1 Å². The first-order chi connectivity index (χ1) is 12.1. The van der Waals surface area contributed by atoms with Crippen molar-refractivity contribution in [2.24, 2.45) is 0 Å². The highest BCUT2D eigenvalue weighted by molar-refractivity contribution is 6.33. The van der Waals surface area contributed by atoms with E-state index < -0.39 is 0 Å². The summed E-state index contributed by atoms with van der Waals surface area (Å²) in [4.78, 5) is 24.1. The van der Waals surface area contributed by atoms with Crippen LogP contribution in [0.25, 0.3) is 0 Å². The van der Waals surface area contributed by atoms with E-state index in [2.05, 4.69) is 10.6 Å². The lowest BCUT2D eigenvalue weighted by molar-refractivity contribution is 0.0927. The molecule has 0 saturated carbocycles. The van der Waals surface area contributed by atoms with Gasteiger partial charge in [0.1, 0.15) is 5.75 Å². The predicted octanol–water partition coefficient (Wildman–Crippen LogP) is 3.29. The van der Waals surface area contributed by atoms with Gasteiger partial charge in [0.05, 0.1) is 17.2 Å². The fourth-order valence-electron chi connectivity index (χ4n) is 2.14. The smallest absolute Gasteiger partial charge is 0.252 e. The summed E-state index contributed by atoms with van der Waals surface area (Å²) in [6.45, 7) is 3.25. The lowest BCUT2D eigenvalue weighted by Gasteiger charge is -2.09. The molecule has 0 fully saturated rings. The zero-order valence-corrected chi connectivity index (χ0v) is 14.8. The van der Waals surface area contributed by atoms with Gasteiger partial charge in [-0.15, -0.1) is 0 Å². The maximum absolute atomic E-state index is 12.1. The van der Waals surface area contributed by atoms with Crippen LogP contribution < -0.4 is 15.4 Å². The van der Waals surface area contributed by atoms with Crippen molar-refractivity contribution in [2.45, 2.75) is 13.3 Å². The van der Waals surface area contributed by atoms with Crippen LogP contribution in [0.5, 0.6) is 5.75 Å². The zero-order valence-electron chi connectivity index (χ0n) is 14.0. The fraction of sp³-hybridized carbons (Fsp3) is 0.263. The van der Waals surface area contributed by atoms with Gasteiger partial charge in [0, 0.05) is 18.7 Å². The molecule has 0 saturated heterocycles. The Balaban J connectivity index is 1.79. The van der Waals surface area contributed by atoms with E-state index in [-0.39, 0.29) is 11.8 Å². The number of hydrogen-bond donors (Lipinski definition) is 2. The number of nitrogens with one attached hydrogen (secondary N) is 2. The number of ether oxygens (including phenoxy) is 1. The molecule has 2 rings (SSSR count). The molecular weight excluding hydrogens is 340 g/mol. The van der Waals surface area contributed by atoms with E-state index in [0.29, 0.717) is 41.6 Å². The highest BCUT2D eigenvalue weighted by Gasteiger charge is 2.09. The Bertz CT molecular complexity index is 734. The van der Waals surface area contributed by atoms with Crippen LogP contribution in [0.2, 0.25) is 5.02 Å². The van der Waals surface area contributed by atoms with E-state index in [1.807, 2.05) is 13.0 Å². The Morgan fingerprint density at radius 3 is 2.44 bits per heavy atom. The van der Waals surface area contributed by atoms with Crippen LogP contribution in [0, 0.1) is 0 Å². The second kappa shape index (κ2) is 9.69. The van der Waals surface area contributed by atoms with E-state index in [9.17, 15) is 9.59 Å². The molecule has 5 nitrogen and oxygen atoms in total. The lowest BCUT2D eigenvalue weighted by atomic mass is 10.2. The first kappa shape index (κ1) is 18.8. The van der Waals surface area contributed by atoms with Gasteiger partial charge in [-0.25, -0.2) is 0 Å². The SMILES string of the molecule is CCCOc1cccc(C(=O)NCCNC(=O)c2ccccc2Cl)c1. The maximum Gasteiger partial charge on any atom is 0.252 e. The summed E-state index contributed by atoms with van der Waals surface area (Å²) in [5, 5.41) is 5.88. The van der Waals surface area contributed by atoms with Crippen LogP contribution in [0.3, 0.4) is 0 Å². The molecule has 0 unspecified atom stereocenters. The number of carbonyl (C=O) groups is 2. The van der Waals surface area contributed by atoms with Gasteiger partial charge in [0.25, 0.3) is 11.8 Å². The quantitative estimate of drug-likeness (QED) is 0.710. The third-order valence-corrected chi connectivity index (χ3v) is 3.71. The lowest BCUT2D eigenvalue weighted by Crippen LogP contribution is -2.34. The van der Waals surface area contributed by atoms with Gasteiger partial charge in [-0.2, -0.15) is 0 Å². The van der Waals surface area contributed by atoms with Crippen molar-refractivity contribution in [3.05, 3.63) is 64.7 Å². The minimum absolute atomic E-state index is 0.214. The monoisotopic (exact) mass is 360 g/mol. The van der Waals surface area contributed by atoms with E-state index in [1.165, 1.54) is 0 Å². The number of amides is 2. The van der Waals surface area contributed by atoms with Crippen LogP contribution in [-0.4, -0.2) is 31.5 Å². The van der Waals surface area contributed by atoms with Crippen molar-refractivity contribution in [3.63, 3.8) is 0 Å². The molecule has 132 valence electrons. The Hall–Kier alpha value is -2.53. The Labute approximate surface area is 152 Å². The summed E-state index contributed by atoms with van der Waals surface area (Å²) in [5.74, 6) is 0.185. The van der Waals surface area contributed by atoms with Crippen LogP contribution in [0.15, 0.2) is 48.5 Å². The van der Waals surface area contributed by atoms with E-state index >= 15 is 0 Å². The summed E-state index contributed by atoms with van der Waals surface area (Å²) in [6.07, 6.45) is 0.904. The molecule has 0 aliphatic rings. The summed E-state index contributed by atoms with van der Waals surface area (Å²) in [5.41, 5.74) is 0.933. The zero-order chi connectivity index (χ0) is 18.1. The number of carbonyl (C=O) groups excluding carboxylic acids is 2. The number of halogens is 1. The Kier molecular flexibility index (Phi) is 7.29. The van der Waals surface area contributed by atoms with E-state index in [1.54, 1.807) is 42.5 Å². The number of hydrogen-bond acceptors (Lipinski definition) is 3. The second-order valence-electron chi connectivity index (χ2n) is 5.37.